The van der Waals surface area contributed by atoms with Gasteiger partial charge in [-0.25, -0.2) is 4.39 Å². The summed E-state index contributed by atoms with van der Waals surface area (Å²) in [7, 11) is 0. The molecule has 0 nitrogen and oxygen atoms in total. The van der Waals surface area contributed by atoms with Crippen molar-refractivity contribution in [1.82, 2.24) is 0 Å². The first-order valence-corrected chi connectivity index (χ1v) is 6.88. The van der Waals surface area contributed by atoms with Crippen molar-refractivity contribution >= 4 is 27.5 Å². The minimum absolute atomic E-state index is 0.276. The normalized spacial score (nSPS) is 13.1. The average Bonchev–Trinajstić information content (AvgIpc) is 2.24. The lowest BCUT2D eigenvalue weighted by molar-refractivity contribution is 0.561. The molecule has 1 atom stereocenters. The highest BCUT2D eigenvalue weighted by molar-refractivity contribution is 9.09. The van der Waals surface area contributed by atoms with Crippen LogP contribution in [0.1, 0.15) is 32.3 Å². The van der Waals surface area contributed by atoms with Crippen LogP contribution in [0.4, 0.5) is 4.39 Å². The Labute approximate surface area is 110 Å². The third-order valence-corrected chi connectivity index (χ3v) is 4.62. The monoisotopic (exact) mass is 306 g/mol. The largest absolute Gasteiger partial charge is 0.205 e. The number of hydrogen-bond acceptors (Lipinski definition) is 0. The number of halogens is 3. The third kappa shape index (κ3) is 4.06. The van der Waals surface area contributed by atoms with Crippen molar-refractivity contribution in [2.75, 3.05) is 0 Å². The number of hydrogen-bond donors (Lipinski definition) is 0. The van der Waals surface area contributed by atoms with E-state index < -0.39 is 0 Å². The second kappa shape index (κ2) is 6.61. The first-order valence-electron chi connectivity index (χ1n) is 5.59. The molecule has 1 rings (SSSR count). The molecule has 0 saturated heterocycles. The van der Waals surface area contributed by atoms with E-state index in [1.807, 2.05) is 6.07 Å². The standard InChI is InChI=1S/C13H17BrClF/c1-9(2)11(14)7-3-5-10-6-4-8-12(16)13(10)15/h4,6,8-9,11H,3,5,7H2,1-2H3. The number of aryl methyl sites for hydroxylation is 1. The molecule has 1 aromatic carbocycles. The second-order valence-electron chi connectivity index (χ2n) is 4.37. The molecule has 0 heterocycles. The highest BCUT2D eigenvalue weighted by Crippen LogP contribution is 2.23. The number of rotatable bonds is 5. The maximum atomic E-state index is 13.2. The lowest BCUT2D eigenvalue weighted by Crippen LogP contribution is -2.07. The Balaban J connectivity index is 2.46. The van der Waals surface area contributed by atoms with E-state index in [0.29, 0.717) is 10.7 Å². The van der Waals surface area contributed by atoms with Gasteiger partial charge in [0.05, 0.1) is 5.02 Å². The minimum atomic E-state index is -0.321. The van der Waals surface area contributed by atoms with Gasteiger partial charge in [0, 0.05) is 4.83 Å². The van der Waals surface area contributed by atoms with E-state index >= 15 is 0 Å². The smallest absolute Gasteiger partial charge is 0.142 e. The van der Waals surface area contributed by atoms with Crippen molar-refractivity contribution in [3.63, 3.8) is 0 Å². The van der Waals surface area contributed by atoms with Gasteiger partial charge >= 0.3 is 0 Å². The fraction of sp³-hybridized carbons (Fsp3) is 0.538. The fourth-order valence-electron chi connectivity index (χ4n) is 1.56. The van der Waals surface area contributed by atoms with Crippen LogP contribution in [0.5, 0.6) is 0 Å². The van der Waals surface area contributed by atoms with E-state index in [0.717, 1.165) is 24.8 Å². The van der Waals surface area contributed by atoms with Crippen LogP contribution in [0.2, 0.25) is 5.02 Å². The van der Waals surface area contributed by atoms with Gasteiger partial charge in [0.2, 0.25) is 0 Å². The quantitative estimate of drug-likeness (QED) is 0.654. The fourth-order valence-corrected chi connectivity index (χ4v) is 2.11. The molecule has 0 amide bonds. The summed E-state index contributed by atoms with van der Waals surface area (Å²) in [4.78, 5) is 0.528. The van der Waals surface area contributed by atoms with Gasteiger partial charge in [-0.2, -0.15) is 0 Å². The number of alkyl halides is 1. The molecule has 0 radical (unpaired) electrons. The average molecular weight is 308 g/mol. The summed E-state index contributed by atoms with van der Waals surface area (Å²) in [6.45, 7) is 4.38. The van der Waals surface area contributed by atoms with E-state index in [2.05, 4.69) is 29.8 Å². The predicted molar refractivity (Wildman–Crippen MR) is 71.9 cm³/mol. The molecular formula is C13H17BrClF. The first kappa shape index (κ1) is 14.0. The summed E-state index contributed by atoms with van der Waals surface area (Å²) in [5.41, 5.74) is 0.908. The molecule has 0 aliphatic carbocycles. The van der Waals surface area contributed by atoms with Gasteiger partial charge in [-0.15, -0.1) is 0 Å². The zero-order valence-corrected chi connectivity index (χ0v) is 12.0. The molecule has 0 saturated carbocycles. The lowest BCUT2D eigenvalue weighted by Gasteiger charge is -2.13. The van der Waals surface area contributed by atoms with Gasteiger partial charge in [-0.3, -0.25) is 0 Å². The Kier molecular flexibility index (Phi) is 5.77. The Morgan fingerprint density at radius 3 is 2.69 bits per heavy atom. The van der Waals surface area contributed by atoms with Gasteiger partial charge in [0.1, 0.15) is 5.82 Å². The highest BCUT2D eigenvalue weighted by Gasteiger charge is 2.10. The maximum Gasteiger partial charge on any atom is 0.142 e. The summed E-state index contributed by atoms with van der Waals surface area (Å²) >= 11 is 9.53. The summed E-state index contributed by atoms with van der Waals surface area (Å²) in [6, 6.07) is 5.00. The third-order valence-electron chi connectivity index (χ3n) is 2.68. The molecule has 90 valence electrons. The Hall–Kier alpha value is -0.0800. The molecule has 0 aliphatic heterocycles. The summed E-state index contributed by atoms with van der Waals surface area (Å²) < 4.78 is 13.2. The molecule has 3 heteroatoms. The first-order chi connectivity index (χ1) is 7.52. The van der Waals surface area contributed by atoms with E-state index in [-0.39, 0.29) is 10.8 Å². The Morgan fingerprint density at radius 1 is 1.38 bits per heavy atom. The summed E-state index contributed by atoms with van der Waals surface area (Å²) in [5.74, 6) is 0.307. The Bertz CT molecular complexity index is 339. The number of benzene rings is 1. The SMILES string of the molecule is CC(C)C(Br)CCCc1cccc(F)c1Cl. The van der Waals surface area contributed by atoms with Gasteiger partial charge in [0.15, 0.2) is 0 Å². The molecule has 0 fully saturated rings. The van der Waals surface area contributed by atoms with E-state index in [1.54, 1.807) is 6.07 Å². The molecule has 1 aromatic rings. The van der Waals surface area contributed by atoms with Crippen LogP contribution in [-0.2, 0) is 6.42 Å². The predicted octanol–water partition coefficient (Wildman–Crippen LogP) is 5.22. The highest BCUT2D eigenvalue weighted by atomic mass is 79.9. The molecule has 0 aliphatic rings. The van der Waals surface area contributed by atoms with Crippen LogP contribution in [0.25, 0.3) is 0 Å². The van der Waals surface area contributed by atoms with Crippen molar-refractivity contribution in [2.24, 2.45) is 5.92 Å². The topological polar surface area (TPSA) is 0 Å². The van der Waals surface area contributed by atoms with Crippen LogP contribution < -0.4 is 0 Å². The summed E-state index contributed by atoms with van der Waals surface area (Å²) in [6.07, 6.45) is 2.95. The molecular weight excluding hydrogens is 290 g/mol. The molecule has 0 spiro atoms. The van der Waals surface area contributed by atoms with Gasteiger partial charge in [0.25, 0.3) is 0 Å². The second-order valence-corrected chi connectivity index (χ2v) is 5.92. The lowest BCUT2D eigenvalue weighted by atomic mass is 10.0. The van der Waals surface area contributed by atoms with Crippen LogP contribution in [0.3, 0.4) is 0 Å². The van der Waals surface area contributed by atoms with Crippen molar-refractivity contribution in [1.29, 1.82) is 0 Å². The molecule has 16 heavy (non-hydrogen) atoms. The van der Waals surface area contributed by atoms with Crippen LogP contribution in [-0.4, -0.2) is 4.83 Å². The van der Waals surface area contributed by atoms with Gasteiger partial charge in [-0.1, -0.05) is 53.5 Å². The summed E-state index contributed by atoms with van der Waals surface area (Å²) in [5, 5.41) is 0.276. The maximum absolute atomic E-state index is 13.2. The van der Waals surface area contributed by atoms with Crippen molar-refractivity contribution in [2.45, 2.75) is 37.9 Å². The molecule has 0 N–H and O–H groups in total. The Morgan fingerprint density at radius 2 is 2.06 bits per heavy atom. The van der Waals surface area contributed by atoms with Gasteiger partial charge in [-0.05, 0) is 36.8 Å². The molecule has 1 unspecified atom stereocenters. The van der Waals surface area contributed by atoms with E-state index in [1.165, 1.54) is 6.07 Å². The van der Waals surface area contributed by atoms with Gasteiger partial charge < -0.3 is 0 Å². The van der Waals surface area contributed by atoms with Crippen LogP contribution >= 0.6 is 27.5 Å². The van der Waals surface area contributed by atoms with E-state index in [9.17, 15) is 4.39 Å². The van der Waals surface area contributed by atoms with E-state index in [4.69, 9.17) is 11.6 Å². The zero-order valence-electron chi connectivity index (χ0n) is 9.64. The van der Waals surface area contributed by atoms with Crippen molar-refractivity contribution in [3.8, 4) is 0 Å². The molecule has 0 bridgehead atoms. The minimum Gasteiger partial charge on any atom is -0.205 e. The van der Waals surface area contributed by atoms with Crippen LogP contribution in [0, 0.1) is 11.7 Å². The molecule has 0 aromatic heterocycles. The van der Waals surface area contributed by atoms with Crippen LogP contribution in [0.15, 0.2) is 18.2 Å². The van der Waals surface area contributed by atoms with Crippen molar-refractivity contribution < 1.29 is 4.39 Å². The zero-order chi connectivity index (χ0) is 12.1. The van der Waals surface area contributed by atoms with Crippen molar-refractivity contribution in [3.05, 3.63) is 34.6 Å².